The molecule has 0 amide bonds. The molecule has 0 unspecified atom stereocenters. The van der Waals surface area contributed by atoms with Gasteiger partial charge in [0.15, 0.2) is 0 Å². The zero-order valence-electron chi connectivity index (χ0n) is 48.7. The molecule has 0 heterocycles. The number of nitroso groups, excluding NO2 is 2. The molecule has 6 aromatic carbocycles. The van der Waals surface area contributed by atoms with E-state index in [1.165, 1.54) is 91.0 Å². The van der Waals surface area contributed by atoms with Gasteiger partial charge in [0.05, 0.1) is 0 Å². The number of rotatable bonds is 6. The Kier molecular flexibility index (Phi) is 42.5. The maximum Gasteiger partial charge on any atom is 0 e. The molecule has 0 saturated heterocycles. The van der Waals surface area contributed by atoms with Crippen LogP contribution in [0.25, 0.3) is 11.2 Å². The minimum Gasteiger partial charge on any atom is -0.577 e. The standard InChI is InChI=1S/C20.2C18H15P.2C10H15.2NO.2Re/c1-3-5-7-9-11-13-15-17-19-20-18-16-14-12-10-8-6-4-2;2*1-4-10-16(11-5-1)19(17-12-6-2-7-13-17)18-14-8-3-9-15-18;2*1-6-7(2)9(4)10(5)8(6)3;2*1-2;;/h;2*1-15H;2*1-5H3;;;;/q-2;;;;;2*-1;;. The fraction of sp³-hybridized carbons (Fsp3) is 0.132. The maximum atomic E-state index is 7.25. The van der Waals surface area contributed by atoms with E-state index in [1.54, 1.807) is 0 Å². The largest absolute Gasteiger partial charge is 0.577 e. The first kappa shape index (κ1) is 76.3. The minimum absolute atomic E-state index is 0. The van der Waals surface area contributed by atoms with Crippen LogP contribution in [0.1, 0.15) is 69.2 Å². The van der Waals surface area contributed by atoms with E-state index >= 15 is 0 Å². The molecule has 0 atom stereocenters. The molecular formula is C76H60N2O2P2Re2-4. The van der Waals surface area contributed by atoms with E-state index in [4.69, 9.17) is 33.8 Å². The Morgan fingerprint density at radius 1 is 0.226 bits per heavy atom. The van der Waals surface area contributed by atoms with E-state index < -0.39 is 15.8 Å². The van der Waals surface area contributed by atoms with Gasteiger partial charge in [0.1, 0.15) is 0 Å². The molecule has 8 rings (SSSR count). The summed E-state index contributed by atoms with van der Waals surface area (Å²) < 4.78 is 0. The summed E-state index contributed by atoms with van der Waals surface area (Å²) in [6, 6.07) is 64.7. The summed E-state index contributed by atoms with van der Waals surface area (Å²) in [6.07, 6.45) is 13.0. The van der Waals surface area contributed by atoms with Gasteiger partial charge in [0, 0.05) is 40.8 Å². The Morgan fingerprint density at radius 3 is 0.440 bits per heavy atom. The molecule has 12 radical (unpaired) electrons. The van der Waals surface area contributed by atoms with Gasteiger partial charge < -0.3 is 33.8 Å². The van der Waals surface area contributed by atoms with Gasteiger partial charge in [-0.05, 0) is 178 Å². The first-order chi connectivity index (χ1) is 39.9. The fourth-order valence-electron chi connectivity index (χ4n) is 7.67. The van der Waals surface area contributed by atoms with Gasteiger partial charge in [-0.15, -0.1) is 11.8 Å². The van der Waals surface area contributed by atoms with Crippen molar-refractivity contribution in [3.8, 4) is 107 Å². The summed E-state index contributed by atoms with van der Waals surface area (Å²) in [5.41, 5.74) is 11.5. The van der Waals surface area contributed by atoms with Crippen molar-refractivity contribution in [1.82, 2.24) is 0 Å². The molecule has 0 spiro atoms. The fourth-order valence-corrected chi connectivity index (χ4v) is 12.3. The van der Waals surface area contributed by atoms with Crippen LogP contribution in [0, 0.1) is 188 Å². The summed E-state index contributed by atoms with van der Waals surface area (Å²) in [5.74, 6) is 56.7. The van der Waals surface area contributed by atoms with Gasteiger partial charge in [0.25, 0.3) is 0 Å². The zero-order valence-corrected chi connectivity index (χ0v) is 55.9. The molecule has 0 aromatic heterocycles. The van der Waals surface area contributed by atoms with Crippen molar-refractivity contribution >= 4 is 47.7 Å². The first-order valence-electron chi connectivity index (χ1n) is 25.4. The van der Waals surface area contributed by atoms with E-state index in [0.717, 1.165) is 0 Å². The SMILES string of the molecule is C[C]1[C](C)[C](C)[C](C)[C]1C.C[C]1[C](C)[C](C)[C](C)[C]1C.[C-]#CC#CC#CC#CC#CC#CC#CC#CC#CC#[C-].[N-]=O.[N-]=O.[Re].[Re].c1ccc(P(c2ccccc2)c2ccccc2)cc1.c1ccc(P(c2ccccc2)c2ccccc2)cc1. The average molecular weight is 1470 g/mol. The van der Waals surface area contributed by atoms with Gasteiger partial charge in [-0.1, -0.05) is 251 Å². The van der Waals surface area contributed by atoms with Gasteiger partial charge in [-0.2, -0.15) is 0 Å². The Hall–Kier alpha value is -7.70. The van der Waals surface area contributed by atoms with E-state index in [0.29, 0.717) is 0 Å². The summed E-state index contributed by atoms with van der Waals surface area (Å²) >= 11 is 0. The number of hydrogen-bond donors (Lipinski definition) is 0. The van der Waals surface area contributed by atoms with Crippen LogP contribution in [0.15, 0.2) is 182 Å². The Balaban J connectivity index is 0.00000103. The summed E-state index contributed by atoms with van der Waals surface area (Å²) in [4.78, 5) is 14.5. The molecule has 2 fully saturated rings. The van der Waals surface area contributed by atoms with Crippen molar-refractivity contribution in [2.75, 3.05) is 0 Å². The summed E-state index contributed by atoms with van der Waals surface area (Å²) in [5, 5.41) is 8.39. The second-order valence-electron chi connectivity index (χ2n) is 17.2. The summed E-state index contributed by atoms with van der Waals surface area (Å²) in [7, 11) is -0.892. The minimum atomic E-state index is -0.446. The van der Waals surface area contributed by atoms with Crippen molar-refractivity contribution in [3.05, 3.63) is 275 Å². The molecule has 84 heavy (non-hydrogen) atoms. The zero-order chi connectivity index (χ0) is 60.3. The van der Waals surface area contributed by atoms with E-state index in [9.17, 15) is 0 Å². The van der Waals surface area contributed by atoms with Crippen LogP contribution in [-0.2, 0) is 40.8 Å². The molecule has 0 N–H and O–H groups in total. The second kappa shape index (κ2) is 46.8. The third-order valence-electron chi connectivity index (χ3n) is 12.8. The predicted molar refractivity (Wildman–Crippen MR) is 349 cm³/mol. The molecule has 0 bridgehead atoms. The van der Waals surface area contributed by atoms with Crippen LogP contribution < -0.4 is 31.8 Å². The van der Waals surface area contributed by atoms with Gasteiger partial charge >= 0.3 is 0 Å². The molecular weight excluding hydrogens is 1410 g/mol. The van der Waals surface area contributed by atoms with Crippen LogP contribution in [0.4, 0.5) is 0 Å². The van der Waals surface area contributed by atoms with E-state index in [2.05, 4.69) is 346 Å². The third kappa shape index (κ3) is 27.1. The molecule has 2 aliphatic carbocycles. The van der Waals surface area contributed by atoms with Crippen LogP contribution in [0.5, 0.6) is 0 Å². The van der Waals surface area contributed by atoms with E-state index in [1.807, 2.05) is 11.8 Å². The molecule has 2 saturated carbocycles. The maximum absolute atomic E-state index is 7.25. The molecule has 4 nitrogen and oxygen atoms in total. The van der Waals surface area contributed by atoms with Crippen LogP contribution in [0.3, 0.4) is 0 Å². The van der Waals surface area contributed by atoms with Crippen LogP contribution in [0.2, 0.25) is 0 Å². The van der Waals surface area contributed by atoms with Crippen molar-refractivity contribution in [3.63, 3.8) is 0 Å². The second-order valence-corrected chi connectivity index (χ2v) is 21.6. The van der Waals surface area contributed by atoms with Crippen LogP contribution >= 0.6 is 15.8 Å². The quantitative estimate of drug-likeness (QED) is 0.0946. The molecule has 414 valence electrons. The Morgan fingerprint density at radius 2 is 0.333 bits per heavy atom. The predicted octanol–water partition coefficient (Wildman–Crippen LogP) is 13.7. The van der Waals surface area contributed by atoms with Crippen molar-refractivity contribution in [1.29, 1.82) is 0 Å². The normalized spacial score (nSPS) is 12.5. The monoisotopic (exact) mass is 1470 g/mol. The smallest absolute Gasteiger partial charge is 0 e. The van der Waals surface area contributed by atoms with Crippen molar-refractivity contribution in [2.45, 2.75) is 69.2 Å². The third-order valence-corrected chi connectivity index (χ3v) is 17.7. The van der Waals surface area contributed by atoms with Gasteiger partial charge in [-0.3, -0.25) is 11.8 Å². The average Bonchev–Trinajstić information content (AvgIpc) is 4.01. The van der Waals surface area contributed by atoms with Crippen LogP contribution in [-0.4, -0.2) is 0 Å². The number of benzene rings is 6. The van der Waals surface area contributed by atoms with Crippen molar-refractivity contribution in [2.24, 2.45) is 0 Å². The molecule has 6 aromatic rings. The molecule has 2 aliphatic rings. The molecule has 8 heteroatoms. The van der Waals surface area contributed by atoms with E-state index in [-0.39, 0.29) is 40.8 Å². The summed E-state index contributed by atoms with van der Waals surface area (Å²) in [6.45, 7) is 22.0. The molecule has 0 aliphatic heterocycles. The number of hydrogen-bond acceptors (Lipinski definition) is 2. The topological polar surface area (TPSA) is 78.7 Å². The van der Waals surface area contributed by atoms with Gasteiger partial charge in [0.2, 0.25) is 0 Å². The Labute approximate surface area is 535 Å². The first-order valence-corrected chi connectivity index (χ1v) is 28.1. The van der Waals surface area contributed by atoms with Crippen molar-refractivity contribution < 1.29 is 40.8 Å². The van der Waals surface area contributed by atoms with Gasteiger partial charge in [-0.25, -0.2) is 11.8 Å². The number of nitrogens with zero attached hydrogens (tertiary/aromatic N) is 2. The Bertz CT molecular complexity index is 2930.